The van der Waals surface area contributed by atoms with E-state index < -0.39 is 97.5 Å². The topological polar surface area (TPSA) is 237 Å². The highest BCUT2D eigenvalue weighted by atomic mass is 31.2. The van der Waals surface area contributed by atoms with Gasteiger partial charge in [-0.15, -0.1) is 0 Å². The Hall–Kier alpha value is -1.94. The van der Waals surface area contributed by atoms with E-state index in [9.17, 15) is 43.2 Å². The van der Waals surface area contributed by atoms with Crippen molar-refractivity contribution in [3.05, 3.63) is 0 Å². The molecule has 0 heterocycles. The summed E-state index contributed by atoms with van der Waals surface area (Å²) in [5.74, 6) is -1.36. The van der Waals surface area contributed by atoms with Crippen LogP contribution in [0.15, 0.2) is 0 Å². The second kappa shape index (κ2) is 71.1. The first-order valence-electron chi connectivity index (χ1n) is 40.7. The summed E-state index contributed by atoms with van der Waals surface area (Å²) >= 11 is 0. The lowest BCUT2D eigenvalue weighted by Gasteiger charge is -2.21. The zero-order chi connectivity index (χ0) is 71.2. The quantitative estimate of drug-likeness (QED) is 0.0222. The fraction of sp³-hybridized carbons (Fsp3) is 0.949. The normalized spacial score (nSPS) is 14.2. The number of hydrogen-bond donors (Lipinski definition) is 3. The summed E-state index contributed by atoms with van der Waals surface area (Å²) in [6.45, 7) is 7.20. The summed E-state index contributed by atoms with van der Waals surface area (Å²) in [6, 6.07) is 0. The van der Waals surface area contributed by atoms with Gasteiger partial charge in [-0.1, -0.05) is 362 Å². The molecule has 0 spiro atoms. The number of aliphatic hydroxyl groups excluding tert-OH is 1. The fourth-order valence-corrected chi connectivity index (χ4v) is 13.6. The first kappa shape index (κ1) is 95.1. The monoisotopic (exact) mass is 1420 g/mol. The Balaban J connectivity index is 5.12. The van der Waals surface area contributed by atoms with E-state index in [2.05, 4.69) is 34.6 Å². The maximum atomic E-state index is 13.1. The number of hydrogen-bond acceptors (Lipinski definition) is 15. The second-order valence-electron chi connectivity index (χ2n) is 28.3. The van der Waals surface area contributed by atoms with Gasteiger partial charge in [0.15, 0.2) is 12.2 Å². The van der Waals surface area contributed by atoms with E-state index in [-0.39, 0.29) is 25.7 Å². The van der Waals surface area contributed by atoms with Crippen LogP contribution in [0.25, 0.3) is 0 Å². The van der Waals surface area contributed by atoms with Crippen molar-refractivity contribution in [3.63, 3.8) is 0 Å². The lowest BCUT2D eigenvalue weighted by molar-refractivity contribution is -0.161. The number of phosphoric acid groups is 2. The molecule has 0 rings (SSSR count). The van der Waals surface area contributed by atoms with Gasteiger partial charge in [0.05, 0.1) is 26.4 Å². The first-order valence-corrected chi connectivity index (χ1v) is 43.7. The Bertz CT molecular complexity index is 1860. The average Bonchev–Trinajstić information content (AvgIpc) is 1.52. The van der Waals surface area contributed by atoms with Crippen LogP contribution in [-0.2, 0) is 65.4 Å². The SMILES string of the molecule is CCCCCCCCCCCCCCCCCCCCCCC(=O)OC[C@H](COP(=O)(O)OC[C@@H](O)COP(=O)(O)OC[C@@H](COC(=O)CCCCCCC)OC(=O)CCCCCCCCCCC(C)CC)OC(=O)CCCCCCCCCCCCCCCCCCCCCC. The molecule has 0 aliphatic heterocycles. The summed E-state index contributed by atoms with van der Waals surface area (Å²) < 4.78 is 68.3. The summed E-state index contributed by atoms with van der Waals surface area (Å²) in [6.07, 6.45) is 61.7. The molecule has 0 saturated heterocycles. The van der Waals surface area contributed by atoms with Crippen molar-refractivity contribution in [2.45, 2.75) is 432 Å². The van der Waals surface area contributed by atoms with E-state index in [0.717, 1.165) is 102 Å². The third kappa shape index (κ3) is 70.9. The van der Waals surface area contributed by atoms with Crippen LogP contribution in [0.2, 0.25) is 0 Å². The van der Waals surface area contributed by atoms with Crippen LogP contribution in [-0.4, -0.2) is 96.7 Å². The predicted octanol–water partition coefficient (Wildman–Crippen LogP) is 23.3. The van der Waals surface area contributed by atoms with Crippen LogP contribution in [0.1, 0.15) is 413 Å². The molecule has 19 heteroatoms. The maximum absolute atomic E-state index is 13.1. The van der Waals surface area contributed by atoms with E-state index in [1.165, 1.54) is 231 Å². The van der Waals surface area contributed by atoms with Gasteiger partial charge in [-0.3, -0.25) is 37.3 Å². The molecule has 3 N–H and O–H groups in total. The van der Waals surface area contributed by atoms with Crippen molar-refractivity contribution in [1.82, 2.24) is 0 Å². The minimum absolute atomic E-state index is 0.104. The number of phosphoric ester groups is 2. The highest BCUT2D eigenvalue weighted by Gasteiger charge is 2.30. The zero-order valence-electron chi connectivity index (χ0n) is 63.2. The van der Waals surface area contributed by atoms with E-state index in [1.807, 2.05) is 0 Å². The lowest BCUT2D eigenvalue weighted by atomic mass is 9.99. The summed E-state index contributed by atoms with van der Waals surface area (Å²) in [5.41, 5.74) is 0. The van der Waals surface area contributed by atoms with Gasteiger partial charge < -0.3 is 33.8 Å². The Labute approximate surface area is 594 Å². The Morgan fingerprint density at radius 1 is 0.289 bits per heavy atom. The number of esters is 4. The molecule has 0 fully saturated rings. The molecule has 3 unspecified atom stereocenters. The molecular weight excluding hydrogens is 1270 g/mol. The van der Waals surface area contributed by atoms with Crippen LogP contribution in [0, 0.1) is 5.92 Å². The van der Waals surface area contributed by atoms with E-state index in [1.54, 1.807) is 0 Å². The Morgan fingerprint density at radius 2 is 0.495 bits per heavy atom. The summed E-state index contributed by atoms with van der Waals surface area (Å²) in [7, 11) is -9.90. The molecule has 0 radical (unpaired) electrons. The number of unbranched alkanes of at least 4 members (excludes halogenated alkanes) is 49. The largest absolute Gasteiger partial charge is 0.472 e. The molecule has 0 saturated carbocycles. The van der Waals surface area contributed by atoms with Gasteiger partial charge in [-0.25, -0.2) is 9.13 Å². The average molecular weight is 1420 g/mol. The maximum Gasteiger partial charge on any atom is 0.472 e. The Kier molecular flexibility index (Phi) is 69.6. The molecule has 0 aliphatic carbocycles. The highest BCUT2D eigenvalue weighted by molar-refractivity contribution is 7.47. The number of aliphatic hydroxyl groups is 1. The van der Waals surface area contributed by atoms with Crippen LogP contribution < -0.4 is 0 Å². The van der Waals surface area contributed by atoms with Crippen molar-refractivity contribution in [2.75, 3.05) is 39.6 Å². The van der Waals surface area contributed by atoms with Gasteiger partial charge in [0.25, 0.3) is 0 Å². The zero-order valence-corrected chi connectivity index (χ0v) is 65.0. The molecule has 0 amide bonds. The predicted molar refractivity (Wildman–Crippen MR) is 395 cm³/mol. The van der Waals surface area contributed by atoms with Gasteiger partial charge >= 0.3 is 39.5 Å². The lowest BCUT2D eigenvalue weighted by Crippen LogP contribution is -2.30. The van der Waals surface area contributed by atoms with Crippen LogP contribution in [0.3, 0.4) is 0 Å². The molecule has 0 aromatic carbocycles. The molecule has 0 aliphatic rings. The van der Waals surface area contributed by atoms with Crippen LogP contribution in [0.5, 0.6) is 0 Å². The molecule has 6 atom stereocenters. The van der Waals surface area contributed by atoms with E-state index >= 15 is 0 Å². The molecule has 0 aromatic rings. The third-order valence-corrected chi connectivity index (χ3v) is 20.5. The van der Waals surface area contributed by atoms with Crippen molar-refractivity contribution in [2.24, 2.45) is 5.92 Å². The third-order valence-electron chi connectivity index (χ3n) is 18.6. The summed E-state index contributed by atoms with van der Waals surface area (Å²) in [4.78, 5) is 72.6. The fourth-order valence-electron chi connectivity index (χ4n) is 12.0. The van der Waals surface area contributed by atoms with E-state index in [4.69, 9.17) is 37.0 Å². The van der Waals surface area contributed by atoms with Crippen molar-refractivity contribution in [3.8, 4) is 0 Å². The summed E-state index contributed by atoms with van der Waals surface area (Å²) in [5, 5.41) is 10.6. The van der Waals surface area contributed by atoms with Crippen LogP contribution in [0.4, 0.5) is 0 Å². The van der Waals surface area contributed by atoms with Gasteiger partial charge in [-0.05, 0) is 31.6 Å². The van der Waals surface area contributed by atoms with Gasteiger partial charge in [0.2, 0.25) is 0 Å². The van der Waals surface area contributed by atoms with Gasteiger partial charge in [-0.2, -0.15) is 0 Å². The van der Waals surface area contributed by atoms with Crippen molar-refractivity contribution >= 4 is 39.5 Å². The number of rotatable bonds is 78. The van der Waals surface area contributed by atoms with Gasteiger partial charge in [0, 0.05) is 25.7 Å². The van der Waals surface area contributed by atoms with E-state index in [0.29, 0.717) is 25.7 Å². The molecule has 576 valence electrons. The minimum Gasteiger partial charge on any atom is -0.462 e. The highest BCUT2D eigenvalue weighted by Crippen LogP contribution is 2.45. The Morgan fingerprint density at radius 3 is 0.732 bits per heavy atom. The smallest absolute Gasteiger partial charge is 0.462 e. The van der Waals surface area contributed by atoms with Crippen molar-refractivity contribution in [1.29, 1.82) is 0 Å². The molecular formula is C78H152O17P2. The molecule has 0 bridgehead atoms. The van der Waals surface area contributed by atoms with Gasteiger partial charge in [0.1, 0.15) is 19.3 Å². The first-order chi connectivity index (χ1) is 47.1. The number of carbonyl (C=O) groups is 4. The number of carbonyl (C=O) groups excluding carboxylic acids is 4. The molecule has 97 heavy (non-hydrogen) atoms. The molecule has 0 aromatic heterocycles. The standard InChI is InChI=1S/C78H152O17P2/c1-6-10-13-16-18-20-22-24-26-28-30-32-34-36-38-40-42-47-52-57-62-76(81)89-68-74(95-77(82)63-58-53-48-43-41-39-37-35-33-31-29-27-25-23-21-19-17-14-11-7-2)70-93-97(86,87)91-66-72(79)65-90-96(84,85)92-69-73(67-88-75(80)61-56-50-15-12-8-3)94-78(83)64-59-54-49-45-44-46-51-55-60-71(5)9-4/h71-74,79H,6-70H2,1-5H3,(H,84,85)(H,86,87)/t71?,72-,73+,74+/m0/s1. The second-order valence-corrected chi connectivity index (χ2v) is 31.3. The van der Waals surface area contributed by atoms with Crippen LogP contribution >= 0.6 is 15.6 Å². The molecule has 17 nitrogen and oxygen atoms in total. The minimum atomic E-state index is -4.96. The van der Waals surface area contributed by atoms with Crippen molar-refractivity contribution < 1.29 is 80.2 Å². The number of ether oxygens (including phenoxy) is 4.